The second-order valence-corrected chi connectivity index (χ2v) is 5.68. The van der Waals surface area contributed by atoms with E-state index in [0.29, 0.717) is 6.54 Å². The fourth-order valence-corrected chi connectivity index (χ4v) is 2.61. The number of hydrogen-bond acceptors (Lipinski definition) is 1. The molecule has 1 fully saturated rings. The normalized spacial score (nSPS) is 17.7. The number of halogens is 1. The molecule has 0 heterocycles. The maximum atomic E-state index is 13.6. The van der Waals surface area contributed by atoms with Gasteiger partial charge in [0.1, 0.15) is 5.82 Å². The van der Waals surface area contributed by atoms with Gasteiger partial charge in [-0.15, -0.1) is 0 Å². The van der Waals surface area contributed by atoms with E-state index in [1.54, 1.807) is 12.1 Å². The topological polar surface area (TPSA) is 29.1 Å². The van der Waals surface area contributed by atoms with Crippen molar-refractivity contribution >= 4 is 5.91 Å². The Labute approximate surface area is 108 Å². The highest BCUT2D eigenvalue weighted by molar-refractivity contribution is 5.94. The minimum atomic E-state index is -0.449. The highest BCUT2D eigenvalue weighted by Crippen LogP contribution is 2.36. The van der Waals surface area contributed by atoms with Crippen LogP contribution in [-0.4, -0.2) is 12.5 Å². The van der Waals surface area contributed by atoms with E-state index in [0.717, 1.165) is 18.4 Å². The molecule has 1 saturated carbocycles. The van der Waals surface area contributed by atoms with E-state index >= 15 is 0 Å². The van der Waals surface area contributed by atoms with Gasteiger partial charge >= 0.3 is 0 Å². The van der Waals surface area contributed by atoms with Crippen molar-refractivity contribution in [3.63, 3.8) is 0 Å². The Bertz CT molecular complexity index is 450. The zero-order chi connectivity index (χ0) is 13.2. The summed E-state index contributed by atoms with van der Waals surface area (Å²) in [5, 5.41) is 2.87. The zero-order valence-corrected chi connectivity index (χ0v) is 11.1. The first-order valence-corrected chi connectivity index (χ1v) is 6.55. The fourth-order valence-electron chi connectivity index (χ4n) is 2.61. The SMILES string of the molecule is Cc1ccc(F)c(C(=O)NCC2(C)CCCC2)c1. The largest absolute Gasteiger partial charge is 0.351 e. The minimum absolute atomic E-state index is 0.150. The van der Waals surface area contributed by atoms with Crippen LogP contribution in [0.15, 0.2) is 18.2 Å². The summed E-state index contributed by atoms with van der Waals surface area (Å²) in [5.41, 5.74) is 1.24. The quantitative estimate of drug-likeness (QED) is 0.873. The van der Waals surface area contributed by atoms with Gasteiger partial charge in [0, 0.05) is 6.54 Å². The molecular weight excluding hydrogens is 229 g/mol. The van der Waals surface area contributed by atoms with Crippen LogP contribution in [0.2, 0.25) is 0 Å². The molecular formula is C15H20FNO. The smallest absolute Gasteiger partial charge is 0.254 e. The van der Waals surface area contributed by atoms with Gasteiger partial charge in [-0.25, -0.2) is 4.39 Å². The first-order valence-electron chi connectivity index (χ1n) is 6.55. The van der Waals surface area contributed by atoms with Gasteiger partial charge in [-0.1, -0.05) is 31.4 Å². The highest BCUT2D eigenvalue weighted by Gasteiger charge is 2.29. The fraction of sp³-hybridized carbons (Fsp3) is 0.533. The van der Waals surface area contributed by atoms with Crippen LogP contribution in [0.5, 0.6) is 0 Å². The highest BCUT2D eigenvalue weighted by atomic mass is 19.1. The van der Waals surface area contributed by atoms with Gasteiger partial charge in [-0.05, 0) is 37.3 Å². The van der Waals surface area contributed by atoms with Crippen molar-refractivity contribution < 1.29 is 9.18 Å². The van der Waals surface area contributed by atoms with E-state index in [4.69, 9.17) is 0 Å². The lowest BCUT2D eigenvalue weighted by Crippen LogP contribution is -2.34. The van der Waals surface area contributed by atoms with Crippen molar-refractivity contribution in [3.8, 4) is 0 Å². The van der Waals surface area contributed by atoms with Crippen LogP contribution in [0.1, 0.15) is 48.5 Å². The second kappa shape index (κ2) is 5.09. The first kappa shape index (κ1) is 13.1. The monoisotopic (exact) mass is 249 g/mol. The van der Waals surface area contributed by atoms with E-state index < -0.39 is 5.82 Å². The molecule has 2 nitrogen and oxygen atoms in total. The first-order chi connectivity index (χ1) is 8.50. The summed E-state index contributed by atoms with van der Waals surface area (Å²) in [4.78, 5) is 12.0. The van der Waals surface area contributed by atoms with Gasteiger partial charge in [0.2, 0.25) is 0 Å². The summed E-state index contributed by atoms with van der Waals surface area (Å²) in [6.07, 6.45) is 4.74. The number of aryl methyl sites for hydroxylation is 1. The number of amides is 1. The van der Waals surface area contributed by atoms with Crippen LogP contribution in [0.3, 0.4) is 0 Å². The molecule has 0 spiro atoms. The summed E-state index contributed by atoms with van der Waals surface area (Å²) >= 11 is 0. The predicted molar refractivity (Wildman–Crippen MR) is 70.0 cm³/mol. The number of carbonyl (C=O) groups is 1. The van der Waals surface area contributed by atoms with Crippen molar-refractivity contribution in [2.45, 2.75) is 39.5 Å². The molecule has 2 rings (SSSR count). The lowest BCUT2D eigenvalue weighted by Gasteiger charge is -2.23. The van der Waals surface area contributed by atoms with Crippen molar-refractivity contribution in [3.05, 3.63) is 35.1 Å². The Morgan fingerprint density at radius 1 is 1.39 bits per heavy atom. The van der Waals surface area contributed by atoms with Gasteiger partial charge in [-0.2, -0.15) is 0 Å². The maximum Gasteiger partial charge on any atom is 0.254 e. The molecule has 0 atom stereocenters. The molecule has 0 unspecified atom stereocenters. The summed E-state index contributed by atoms with van der Waals surface area (Å²) in [6, 6.07) is 4.62. The van der Waals surface area contributed by atoms with E-state index in [2.05, 4.69) is 12.2 Å². The lowest BCUT2D eigenvalue weighted by atomic mass is 9.89. The van der Waals surface area contributed by atoms with Gasteiger partial charge < -0.3 is 5.32 Å². The second-order valence-electron chi connectivity index (χ2n) is 5.68. The predicted octanol–water partition coefficient (Wildman–Crippen LogP) is 3.44. The average molecular weight is 249 g/mol. The molecule has 0 saturated heterocycles. The lowest BCUT2D eigenvalue weighted by molar-refractivity contribution is 0.0930. The van der Waals surface area contributed by atoms with E-state index in [1.807, 2.05) is 6.92 Å². The summed E-state index contributed by atoms with van der Waals surface area (Å²) < 4.78 is 13.6. The molecule has 18 heavy (non-hydrogen) atoms. The summed E-state index contributed by atoms with van der Waals surface area (Å²) in [7, 11) is 0. The Balaban J connectivity index is 2.01. The summed E-state index contributed by atoms with van der Waals surface area (Å²) in [5.74, 6) is -0.751. The Hall–Kier alpha value is -1.38. The van der Waals surface area contributed by atoms with E-state index in [-0.39, 0.29) is 16.9 Å². The van der Waals surface area contributed by atoms with Crippen LogP contribution in [0, 0.1) is 18.2 Å². The Morgan fingerprint density at radius 2 is 2.06 bits per heavy atom. The molecule has 0 aromatic heterocycles. The van der Waals surface area contributed by atoms with Crippen molar-refractivity contribution in [2.24, 2.45) is 5.41 Å². The third-order valence-corrected chi connectivity index (χ3v) is 3.85. The van der Waals surface area contributed by atoms with Gasteiger partial charge in [0.15, 0.2) is 0 Å². The standard InChI is InChI=1S/C15H20FNO/c1-11-5-6-13(16)12(9-11)14(18)17-10-15(2)7-3-4-8-15/h5-6,9H,3-4,7-8,10H2,1-2H3,(H,17,18). The van der Waals surface area contributed by atoms with Crippen LogP contribution >= 0.6 is 0 Å². The molecule has 0 aliphatic heterocycles. The van der Waals surface area contributed by atoms with Crippen LogP contribution in [0.25, 0.3) is 0 Å². The van der Waals surface area contributed by atoms with Crippen molar-refractivity contribution in [2.75, 3.05) is 6.54 Å². The molecule has 1 aliphatic carbocycles. The number of hydrogen-bond donors (Lipinski definition) is 1. The molecule has 1 aromatic rings. The molecule has 0 radical (unpaired) electrons. The minimum Gasteiger partial charge on any atom is -0.351 e. The van der Waals surface area contributed by atoms with Crippen molar-refractivity contribution in [1.82, 2.24) is 5.32 Å². The Morgan fingerprint density at radius 3 is 2.72 bits per heavy atom. The van der Waals surface area contributed by atoms with Crippen LogP contribution in [0.4, 0.5) is 4.39 Å². The molecule has 0 bridgehead atoms. The van der Waals surface area contributed by atoms with E-state index in [1.165, 1.54) is 18.9 Å². The third-order valence-electron chi connectivity index (χ3n) is 3.85. The molecule has 1 aromatic carbocycles. The van der Waals surface area contributed by atoms with Crippen LogP contribution in [-0.2, 0) is 0 Å². The molecule has 98 valence electrons. The number of rotatable bonds is 3. The molecule has 3 heteroatoms. The number of nitrogens with one attached hydrogen (secondary N) is 1. The maximum absolute atomic E-state index is 13.6. The van der Waals surface area contributed by atoms with Gasteiger partial charge in [-0.3, -0.25) is 4.79 Å². The van der Waals surface area contributed by atoms with Crippen LogP contribution < -0.4 is 5.32 Å². The Kier molecular flexibility index (Phi) is 3.69. The van der Waals surface area contributed by atoms with E-state index in [9.17, 15) is 9.18 Å². The molecule has 1 N–H and O–H groups in total. The molecule has 1 amide bonds. The third kappa shape index (κ3) is 2.89. The van der Waals surface area contributed by atoms with Gasteiger partial charge in [0.05, 0.1) is 5.56 Å². The van der Waals surface area contributed by atoms with Crippen molar-refractivity contribution in [1.29, 1.82) is 0 Å². The summed E-state index contributed by atoms with van der Waals surface area (Å²) in [6.45, 7) is 4.68. The zero-order valence-electron chi connectivity index (χ0n) is 11.1. The average Bonchev–Trinajstić information content (AvgIpc) is 2.77. The number of benzene rings is 1. The number of carbonyl (C=O) groups excluding carboxylic acids is 1. The molecule has 1 aliphatic rings. The van der Waals surface area contributed by atoms with Gasteiger partial charge in [0.25, 0.3) is 5.91 Å².